The second kappa shape index (κ2) is 8.88. The molecule has 0 fully saturated rings. The number of alkyl halides is 3. The van der Waals surface area contributed by atoms with Crippen molar-refractivity contribution in [2.24, 2.45) is 0 Å². The number of halogens is 3. The first kappa shape index (κ1) is 20.0. The summed E-state index contributed by atoms with van der Waals surface area (Å²) in [5.74, 6) is -1.64. The second-order valence-corrected chi connectivity index (χ2v) is 5.47. The lowest BCUT2D eigenvalue weighted by Gasteiger charge is -2.08. The number of ether oxygens (including phenoxy) is 1. The maximum absolute atomic E-state index is 12.2. The lowest BCUT2D eigenvalue weighted by Crippen LogP contribution is -2.29. The maximum Gasteiger partial charge on any atom is 0.471 e. The molecule has 2 amide bonds. The van der Waals surface area contributed by atoms with Crippen molar-refractivity contribution in [3.63, 3.8) is 0 Å². The largest absolute Gasteiger partial charge is 0.497 e. The first-order valence-electron chi connectivity index (χ1n) is 7.85. The zero-order valence-corrected chi connectivity index (χ0v) is 14.3. The summed E-state index contributed by atoms with van der Waals surface area (Å²) in [7, 11) is 1.56. The van der Waals surface area contributed by atoms with Gasteiger partial charge in [0, 0.05) is 18.3 Å². The van der Waals surface area contributed by atoms with Crippen molar-refractivity contribution >= 4 is 23.6 Å². The number of amides is 2. The molecule has 0 aliphatic rings. The Bertz CT molecular complexity index is 814. The van der Waals surface area contributed by atoms with E-state index in [1.165, 1.54) is 30.3 Å². The molecule has 0 unspecified atom stereocenters. The summed E-state index contributed by atoms with van der Waals surface area (Å²) in [6, 6.07) is 12.8. The van der Waals surface area contributed by atoms with Crippen LogP contribution in [0.15, 0.2) is 54.6 Å². The average Bonchev–Trinajstić information content (AvgIpc) is 2.65. The summed E-state index contributed by atoms with van der Waals surface area (Å²) in [6.45, 7) is 0.194. The molecule has 0 aliphatic carbocycles. The van der Waals surface area contributed by atoms with Gasteiger partial charge in [-0.25, -0.2) is 0 Å². The number of hydrogen-bond donors (Lipinski definition) is 2. The minimum atomic E-state index is -4.94. The SMILES string of the molecule is COc1ccc(/C=C/C(=O)NCc2ccc(NC(=O)C(F)(F)F)cc2)cc1. The second-order valence-electron chi connectivity index (χ2n) is 5.47. The van der Waals surface area contributed by atoms with Crippen molar-refractivity contribution in [3.8, 4) is 5.75 Å². The molecule has 0 aromatic heterocycles. The van der Waals surface area contributed by atoms with Crippen molar-refractivity contribution in [3.05, 3.63) is 65.7 Å². The Morgan fingerprint density at radius 1 is 1.04 bits per heavy atom. The Labute approximate surface area is 153 Å². The third kappa shape index (κ3) is 6.50. The van der Waals surface area contributed by atoms with Gasteiger partial charge in [0.1, 0.15) is 5.75 Å². The van der Waals surface area contributed by atoms with Gasteiger partial charge in [-0.05, 0) is 41.5 Å². The molecule has 0 saturated carbocycles. The fraction of sp³-hybridized carbons (Fsp3) is 0.158. The normalized spacial score (nSPS) is 11.3. The predicted octanol–water partition coefficient (Wildman–Crippen LogP) is 3.53. The molecule has 0 bridgehead atoms. The van der Waals surface area contributed by atoms with Gasteiger partial charge < -0.3 is 15.4 Å². The number of nitrogens with one attached hydrogen (secondary N) is 2. The van der Waals surface area contributed by atoms with Crippen molar-refractivity contribution in [2.75, 3.05) is 12.4 Å². The fourth-order valence-electron chi connectivity index (χ4n) is 2.04. The van der Waals surface area contributed by atoms with Gasteiger partial charge in [-0.1, -0.05) is 24.3 Å². The van der Waals surface area contributed by atoms with E-state index in [9.17, 15) is 22.8 Å². The van der Waals surface area contributed by atoms with E-state index in [0.29, 0.717) is 11.3 Å². The van der Waals surface area contributed by atoms with Crippen molar-refractivity contribution in [1.29, 1.82) is 0 Å². The van der Waals surface area contributed by atoms with Crippen molar-refractivity contribution in [2.45, 2.75) is 12.7 Å². The monoisotopic (exact) mass is 378 g/mol. The molecule has 5 nitrogen and oxygen atoms in total. The molecule has 2 N–H and O–H groups in total. The van der Waals surface area contributed by atoms with Gasteiger partial charge in [0.05, 0.1) is 7.11 Å². The summed E-state index contributed by atoms with van der Waals surface area (Å²) in [4.78, 5) is 22.7. The minimum Gasteiger partial charge on any atom is -0.497 e. The van der Waals surface area contributed by atoms with E-state index in [2.05, 4.69) is 5.32 Å². The van der Waals surface area contributed by atoms with E-state index in [4.69, 9.17) is 4.74 Å². The van der Waals surface area contributed by atoms with E-state index >= 15 is 0 Å². The summed E-state index contributed by atoms with van der Waals surface area (Å²) in [5, 5.41) is 4.41. The van der Waals surface area contributed by atoms with Gasteiger partial charge in [0.25, 0.3) is 0 Å². The van der Waals surface area contributed by atoms with Gasteiger partial charge in [0.2, 0.25) is 5.91 Å². The van der Waals surface area contributed by atoms with Crippen LogP contribution in [0.25, 0.3) is 6.08 Å². The van der Waals surface area contributed by atoms with E-state index < -0.39 is 12.1 Å². The summed E-state index contributed by atoms with van der Waals surface area (Å²) >= 11 is 0. The van der Waals surface area contributed by atoms with Gasteiger partial charge in [-0.2, -0.15) is 13.2 Å². The summed E-state index contributed by atoms with van der Waals surface area (Å²) in [5.41, 5.74) is 1.52. The lowest BCUT2D eigenvalue weighted by molar-refractivity contribution is -0.167. The number of hydrogen-bond acceptors (Lipinski definition) is 3. The Kier molecular flexibility index (Phi) is 6.59. The first-order valence-corrected chi connectivity index (χ1v) is 7.85. The zero-order chi connectivity index (χ0) is 19.9. The molecule has 27 heavy (non-hydrogen) atoms. The molecule has 0 aliphatic heterocycles. The Balaban J connectivity index is 1.84. The molecule has 2 aromatic rings. The van der Waals surface area contributed by atoms with E-state index in [0.717, 1.165) is 5.56 Å². The van der Waals surface area contributed by atoms with Crippen LogP contribution >= 0.6 is 0 Å². The standard InChI is InChI=1S/C19H17F3N2O3/c1-27-16-9-4-13(5-10-16)6-11-17(25)23-12-14-2-7-15(8-3-14)24-18(26)19(20,21)22/h2-11H,12H2,1H3,(H,23,25)(H,24,26)/b11-6+. The molecule has 0 radical (unpaired) electrons. The molecule has 142 valence electrons. The maximum atomic E-state index is 12.2. The Hall–Kier alpha value is -3.29. The fourth-order valence-corrected chi connectivity index (χ4v) is 2.04. The molecular weight excluding hydrogens is 361 g/mol. The highest BCUT2D eigenvalue weighted by Crippen LogP contribution is 2.18. The molecule has 0 saturated heterocycles. The quantitative estimate of drug-likeness (QED) is 0.756. The molecular formula is C19H17F3N2O3. The van der Waals surface area contributed by atoms with Gasteiger partial charge in [-0.15, -0.1) is 0 Å². The van der Waals surface area contributed by atoms with Crippen LogP contribution in [0.4, 0.5) is 18.9 Å². The van der Waals surface area contributed by atoms with Crippen molar-refractivity contribution < 1.29 is 27.5 Å². The highest BCUT2D eigenvalue weighted by Gasteiger charge is 2.38. The topological polar surface area (TPSA) is 67.4 Å². The number of rotatable bonds is 6. The third-order valence-electron chi connectivity index (χ3n) is 3.48. The van der Waals surface area contributed by atoms with E-state index in [1.54, 1.807) is 42.8 Å². The van der Waals surface area contributed by atoms with Crippen LogP contribution < -0.4 is 15.4 Å². The number of anilines is 1. The molecule has 8 heteroatoms. The smallest absolute Gasteiger partial charge is 0.471 e. The summed E-state index contributed by atoms with van der Waals surface area (Å²) in [6.07, 6.45) is -1.92. The van der Waals surface area contributed by atoms with Gasteiger partial charge in [-0.3, -0.25) is 9.59 Å². The number of methoxy groups -OCH3 is 1. The third-order valence-corrected chi connectivity index (χ3v) is 3.48. The zero-order valence-electron chi connectivity index (χ0n) is 14.3. The molecule has 0 atom stereocenters. The van der Waals surface area contributed by atoms with Crippen LogP contribution in [0.3, 0.4) is 0 Å². The Morgan fingerprint density at radius 3 is 2.22 bits per heavy atom. The summed E-state index contributed by atoms with van der Waals surface area (Å²) < 4.78 is 41.6. The van der Waals surface area contributed by atoms with Crippen molar-refractivity contribution in [1.82, 2.24) is 5.32 Å². The van der Waals surface area contributed by atoms with Crippen LogP contribution in [-0.2, 0) is 16.1 Å². The highest BCUT2D eigenvalue weighted by atomic mass is 19.4. The van der Waals surface area contributed by atoms with Crippen LogP contribution in [0.1, 0.15) is 11.1 Å². The first-order chi connectivity index (χ1) is 12.8. The van der Waals surface area contributed by atoms with Gasteiger partial charge in [0.15, 0.2) is 0 Å². The molecule has 0 heterocycles. The minimum absolute atomic E-state index is 0.0202. The highest BCUT2D eigenvalue weighted by molar-refractivity contribution is 5.95. The lowest BCUT2D eigenvalue weighted by atomic mass is 10.2. The van der Waals surface area contributed by atoms with Gasteiger partial charge >= 0.3 is 12.1 Å². The van der Waals surface area contributed by atoms with Crippen LogP contribution in [0, 0.1) is 0 Å². The number of carbonyl (C=O) groups excluding carboxylic acids is 2. The van der Waals surface area contributed by atoms with Crippen LogP contribution in [0.5, 0.6) is 5.75 Å². The number of benzene rings is 2. The molecule has 2 rings (SSSR count). The number of carbonyl (C=O) groups is 2. The van der Waals surface area contributed by atoms with Crippen LogP contribution in [0.2, 0.25) is 0 Å². The predicted molar refractivity (Wildman–Crippen MR) is 95.0 cm³/mol. The van der Waals surface area contributed by atoms with Crippen LogP contribution in [-0.4, -0.2) is 25.1 Å². The van der Waals surface area contributed by atoms with E-state index in [-0.39, 0.29) is 18.1 Å². The van der Waals surface area contributed by atoms with E-state index in [1.807, 2.05) is 0 Å². The average molecular weight is 378 g/mol. The molecule has 2 aromatic carbocycles. The Morgan fingerprint density at radius 2 is 1.67 bits per heavy atom. The molecule has 0 spiro atoms.